The van der Waals surface area contributed by atoms with Crippen LogP contribution in [-0.4, -0.2) is 23.6 Å². The molecule has 4 nitrogen and oxygen atoms in total. The lowest BCUT2D eigenvalue weighted by Gasteiger charge is -2.27. The van der Waals surface area contributed by atoms with Crippen LogP contribution in [0.15, 0.2) is 16.6 Å². The number of carbonyl (C=O) groups is 1. The van der Waals surface area contributed by atoms with Crippen molar-refractivity contribution in [2.24, 2.45) is 5.92 Å². The number of nitrogens with zero attached hydrogens (tertiary/aromatic N) is 1. The highest BCUT2D eigenvalue weighted by Gasteiger charge is 2.34. The smallest absolute Gasteiger partial charge is 0.257 e. The molecule has 5 heteroatoms. The van der Waals surface area contributed by atoms with Crippen molar-refractivity contribution < 1.29 is 9.90 Å². The summed E-state index contributed by atoms with van der Waals surface area (Å²) < 4.78 is 0.951. The molecule has 0 bridgehead atoms. The molecule has 1 amide bonds. The molecule has 0 spiro atoms. The Morgan fingerprint density at radius 2 is 2.14 bits per heavy atom. The van der Waals surface area contributed by atoms with Crippen molar-refractivity contribution in [3.8, 4) is 0 Å². The van der Waals surface area contributed by atoms with E-state index in [1.54, 1.807) is 0 Å². The van der Waals surface area contributed by atoms with Gasteiger partial charge in [-0.2, -0.15) is 0 Å². The topological polar surface area (TPSA) is 52.6 Å². The lowest BCUT2D eigenvalue weighted by molar-refractivity contribution is -0.123. The summed E-state index contributed by atoms with van der Waals surface area (Å²) in [6.07, 6.45) is 2.57. The summed E-state index contributed by atoms with van der Waals surface area (Å²) in [6, 6.07) is 4.48. The zero-order valence-corrected chi connectivity index (χ0v) is 14.0. The zero-order valence-electron chi connectivity index (χ0n) is 12.4. The molecule has 3 rings (SSSR count). The Morgan fingerprint density at radius 3 is 2.76 bits per heavy atom. The molecule has 0 radical (unpaired) electrons. The Balaban J connectivity index is 1.90. The number of hydrogen-bond donors (Lipinski definition) is 2. The SMILES string of the molecule is CC(C)CCN(c1cc2c(cc1Br)C(O)C(=O)N2)C1CC1. The summed E-state index contributed by atoms with van der Waals surface area (Å²) in [5.41, 5.74) is 2.52. The van der Waals surface area contributed by atoms with Crippen LogP contribution in [0.25, 0.3) is 0 Å². The highest BCUT2D eigenvalue weighted by Crippen LogP contribution is 2.42. The molecule has 114 valence electrons. The molecule has 1 unspecified atom stereocenters. The van der Waals surface area contributed by atoms with E-state index in [1.165, 1.54) is 12.8 Å². The van der Waals surface area contributed by atoms with Gasteiger partial charge in [-0.05, 0) is 53.2 Å². The number of anilines is 2. The van der Waals surface area contributed by atoms with Crippen LogP contribution in [0.2, 0.25) is 0 Å². The predicted octanol–water partition coefficient (Wildman–Crippen LogP) is 3.45. The molecular weight excluding hydrogens is 332 g/mol. The Hall–Kier alpha value is -1.07. The number of rotatable bonds is 5. The Bertz CT molecular complexity index is 570. The van der Waals surface area contributed by atoms with E-state index in [-0.39, 0.29) is 5.91 Å². The lowest BCUT2D eigenvalue weighted by Crippen LogP contribution is -2.28. The maximum atomic E-state index is 11.6. The summed E-state index contributed by atoms with van der Waals surface area (Å²) in [6.45, 7) is 5.50. The highest BCUT2D eigenvalue weighted by atomic mass is 79.9. The first-order valence-corrected chi connectivity index (χ1v) is 8.35. The summed E-state index contributed by atoms with van der Waals surface area (Å²) in [5, 5.41) is 12.6. The molecule has 1 aromatic rings. The fourth-order valence-electron chi connectivity index (χ4n) is 2.76. The fraction of sp³-hybridized carbons (Fsp3) is 0.562. The number of halogens is 1. The van der Waals surface area contributed by atoms with Crippen LogP contribution >= 0.6 is 15.9 Å². The average Bonchev–Trinajstić information content (AvgIpc) is 3.21. The van der Waals surface area contributed by atoms with Crippen molar-refractivity contribution >= 4 is 33.2 Å². The maximum Gasteiger partial charge on any atom is 0.257 e. The van der Waals surface area contributed by atoms with Crippen molar-refractivity contribution in [1.82, 2.24) is 0 Å². The van der Waals surface area contributed by atoms with E-state index in [9.17, 15) is 9.90 Å². The van der Waals surface area contributed by atoms with E-state index in [0.29, 0.717) is 17.5 Å². The molecule has 2 aliphatic rings. The monoisotopic (exact) mass is 352 g/mol. The van der Waals surface area contributed by atoms with Gasteiger partial charge in [0.25, 0.3) is 5.91 Å². The van der Waals surface area contributed by atoms with Crippen LogP contribution < -0.4 is 10.2 Å². The molecule has 1 aliphatic heterocycles. The van der Waals surface area contributed by atoms with Crippen LogP contribution in [0.4, 0.5) is 11.4 Å². The molecule has 2 N–H and O–H groups in total. The van der Waals surface area contributed by atoms with Gasteiger partial charge in [-0.25, -0.2) is 0 Å². The van der Waals surface area contributed by atoms with Crippen LogP contribution in [-0.2, 0) is 4.79 Å². The van der Waals surface area contributed by atoms with Crippen molar-refractivity contribution in [3.63, 3.8) is 0 Å². The molecule has 1 aromatic carbocycles. The van der Waals surface area contributed by atoms with E-state index in [2.05, 4.69) is 40.0 Å². The maximum absolute atomic E-state index is 11.6. The summed E-state index contributed by atoms with van der Waals surface area (Å²) >= 11 is 3.61. The lowest BCUT2D eigenvalue weighted by atomic mass is 10.1. The van der Waals surface area contributed by atoms with Gasteiger partial charge in [-0.15, -0.1) is 0 Å². The van der Waals surface area contributed by atoms with Gasteiger partial charge in [0, 0.05) is 28.3 Å². The van der Waals surface area contributed by atoms with Crippen LogP contribution in [0.3, 0.4) is 0 Å². The first-order valence-electron chi connectivity index (χ1n) is 7.56. The van der Waals surface area contributed by atoms with Gasteiger partial charge in [0.1, 0.15) is 0 Å². The zero-order chi connectivity index (χ0) is 15.1. The molecule has 1 fully saturated rings. The van der Waals surface area contributed by atoms with Crippen molar-refractivity contribution in [3.05, 3.63) is 22.2 Å². The van der Waals surface area contributed by atoms with Crippen LogP contribution in [0.5, 0.6) is 0 Å². The van der Waals surface area contributed by atoms with Gasteiger partial charge in [0.15, 0.2) is 6.10 Å². The summed E-state index contributed by atoms with van der Waals surface area (Å²) in [4.78, 5) is 14.0. The Morgan fingerprint density at radius 1 is 1.43 bits per heavy atom. The van der Waals surface area contributed by atoms with Gasteiger partial charge in [-0.3, -0.25) is 4.79 Å². The number of carbonyl (C=O) groups excluding carboxylic acids is 1. The third-order valence-electron chi connectivity index (χ3n) is 4.16. The van der Waals surface area contributed by atoms with E-state index in [4.69, 9.17) is 0 Å². The Labute approximate surface area is 133 Å². The van der Waals surface area contributed by atoms with Gasteiger partial charge in [0.05, 0.1) is 5.69 Å². The highest BCUT2D eigenvalue weighted by molar-refractivity contribution is 9.10. The van der Waals surface area contributed by atoms with Crippen LogP contribution in [0, 0.1) is 5.92 Å². The van der Waals surface area contributed by atoms with Gasteiger partial charge in [0.2, 0.25) is 0 Å². The number of benzene rings is 1. The summed E-state index contributed by atoms with van der Waals surface area (Å²) in [5.74, 6) is 0.329. The van der Waals surface area contributed by atoms with E-state index >= 15 is 0 Å². The van der Waals surface area contributed by atoms with E-state index < -0.39 is 6.10 Å². The van der Waals surface area contributed by atoms with Gasteiger partial charge < -0.3 is 15.3 Å². The minimum Gasteiger partial charge on any atom is -0.378 e. The van der Waals surface area contributed by atoms with Crippen molar-refractivity contribution in [2.75, 3.05) is 16.8 Å². The second kappa shape index (κ2) is 5.61. The third kappa shape index (κ3) is 2.94. The van der Waals surface area contributed by atoms with Crippen molar-refractivity contribution in [2.45, 2.75) is 45.3 Å². The first kappa shape index (κ1) is 14.9. The first-order chi connectivity index (χ1) is 9.97. The molecule has 21 heavy (non-hydrogen) atoms. The quantitative estimate of drug-likeness (QED) is 0.853. The second-order valence-electron chi connectivity index (χ2n) is 6.39. The number of amides is 1. The minimum absolute atomic E-state index is 0.339. The fourth-order valence-corrected chi connectivity index (χ4v) is 3.35. The number of nitrogens with one attached hydrogen (secondary N) is 1. The normalized spacial score (nSPS) is 20.6. The van der Waals surface area contributed by atoms with Gasteiger partial charge >= 0.3 is 0 Å². The molecule has 1 saturated carbocycles. The minimum atomic E-state index is -1.05. The molecule has 0 aromatic heterocycles. The number of hydrogen-bond acceptors (Lipinski definition) is 3. The van der Waals surface area contributed by atoms with Gasteiger partial charge in [-0.1, -0.05) is 13.8 Å². The average molecular weight is 353 g/mol. The summed E-state index contributed by atoms with van der Waals surface area (Å²) in [7, 11) is 0. The number of aliphatic hydroxyl groups excluding tert-OH is 1. The predicted molar refractivity (Wildman–Crippen MR) is 87.6 cm³/mol. The molecule has 1 aliphatic carbocycles. The number of aliphatic hydroxyl groups is 1. The number of fused-ring (bicyclic) bond motifs is 1. The Kier molecular flexibility index (Phi) is 3.97. The van der Waals surface area contributed by atoms with Crippen molar-refractivity contribution in [1.29, 1.82) is 0 Å². The molecule has 0 saturated heterocycles. The standard InChI is InChI=1S/C16H21BrN2O2/c1-9(2)5-6-19(10-3-4-10)14-8-13-11(7-12(14)17)15(20)16(21)18-13/h7-10,15,20H,3-6H2,1-2H3,(H,18,21). The molecule has 1 heterocycles. The van der Waals surface area contributed by atoms with E-state index in [0.717, 1.165) is 28.8 Å². The van der Waals surface area contributed by atoms with Crippen LogP contribution in [0.1, 0.15) is 44.8 Å². The second-order valence-corrected chi connectivity index (χ2v) is 7.24. The van der Waals surface area contributed by atoms with E-state index in [1.807, 2.05) is 12.1 Å². The third-order valence-corrected chi connectivity index (χ3v) is 4.80. The molecular formula is C16H21BrN2O2. The largest absolute Gasteiger partial charge is 0.378 e. The molecule has 1 atom stereocenters.